The van der Waals surface area contributed by atoms with Gasteiger partial charge < -0.3 is 0 Å². The van der Waals surface area contributed by atoms with Crippen LogP contribution in [0.15, 0.2) is 152 Å². The van der Waals surface area contributed by atoms with E-state index in [0.717, 1.165) is 0 Å². The second-order valence-electron chi connectivity index (χ2n) is 17.3. The van der Waals surface area contributed by atoms with Crippen molar-refractivity contribution < 1.29 is 0 Å². The number of hydrogen-bond acceptors (Lipinski definition) is 0. The Balaban J connectivity index is 1.40. The smallest absolute Gasteiger partial charge is 0.000719 e. The van der Waals surface area contributed by atoms with Gasteiger partial charge in [-0.15, -0.1) is 0 Å². The summed E-state index contributed by atoms with van der Waals surface area (Å²) in [6.07, 6.45) is 0. The zero-order chi connectivity index (χ0) is 38.7. The summed E-state index contributed by atoms with van der Waals surface area (Å²) in [6, 6.07) is 57.9. The Hall–Kier alpha value is -6.24. The molecule has 0 unspecified atom stereocenters. The highest BCUT2D eigenvalue weighted by Crippen LogP contribution is 2.55. The van der Waals surface area contributed by atoms with Crippen LogP contribution >= 0.6 is 0 Å². The number of rotatable bonds is 6. The van der Waals surface area contributed by atoms with Gasteiger partial charge in [-0.3, -0.25) is 0 Å². The van der Waals surface area contributed by atoms with Gasteiger partial charge in [0.25, 0.3) is 0 Å². The standard InChI is InChI=1S/C57H46/c1-32(2)37-29-46(33(3)4)54(47(30-37)34(5)6)42-27-28-45-52-41(42)24-16-26-44(52)56-50(35-17-9-7-10-18-35)49-31-48-39-22-14-13-21-38(39)40-23-15-25-43(53(40)48)55(49)51(57(45)56)36-19-11-8-12-20-36/h7-34H,1-6H3. The van der Waals surface area contributed by atoms with Crippen molar-refractivity contribution in [2.75, 3.05) is 0 Å². The maximum atomic E-state index is 2.54. The molecular formula is C57H46. The number of benzene rings is 9. The molecule has 0 atom stereocenters. The molecular weight excluding hydrogens is 685 g/mol. The van der Waals surface area contributed by atoms with Crippen molar-refractivity contribution >= 4 is 75.4 Å². The molecule has 0 bridgehead atoms. The third-order valence-electron chi connectivity index (χ3n) is 13.0. The van der Waals surface area contributed by atoms with Gasteiger partial charge in [0.1, 0.15) is 0 Å². The maximum Gasteiger partial charge on any atom is -0.000719 e. The third kappa shape index (κ3) is 4.80. The molecule has 0 heteroatoms. The van der Waals surface area contributed by atoms with Gasteiger partial charge in [0, 0.05) is 0 Å². The minimum absolute atomic E-state index is 0.396. The van der Waals surface area contributed by atoms with Crippen LogP contribution in [0.2, 0.25) is 0 Å². The van der Waals surface area contributed by atoms with Gasteiger partial charge in [-0.1, -0.05) is 187 Å². The molecule has 0 spiro atoms. The third-order valence-corrected chi connectivity index (χ3v) is 13.0. The highest BCUT2D eigenvalue weighted by molar-refractivity contribution is 6.45. The average Bonchev–Trinajstić information content (AvgIpc) is 3.74. The van der Waals surface area contributed by atoms with E-state index >= 15 is 0 Å². The van der Waals surface area contributed by atoms with E-state index in [4.69, 9.17) is 0 Å². The summed E-state index contributed by atoms with van der Waals surface area (Å²) >= 11 is 0. The normalized spacial score (nSPS) is 12.5. The summed E-state index contributed by atoms with van der Waals surface area (Å²) in [5.74, 6) is 1.26. The van der Waals surface area contributed by atoms with Gasteiger partial charge in [0.05, 0.1) is 0 Å². The summed E-state index contributed by atoms with van der Waals surface area (Å²) in [5, 5.41) is 18.7. The molecule has 11 rings (SSSR count). The molecule has 57 heavy (non-hydrogen) atoms. The van der Waals surface area contributed by atoms with E-state index in [1.165, 1.54) is 125 Å². The van der Waals surface area contributed by atoms with E-state index in [1.54, 1.807) is 0 Å². The fourth-order valence-electron chi connectivity index (χ4n) is 10.5. The molecule has 0 aliphatic heterocycles. The van der Waals surface area contributed by atoms with E-state index in [2.05, 4.69) is 193 Å². The van der Waals surface area contributed by atoms with Gasteiger partial charge in [-0.2, -0.15) is 0 Å². The lowest BCUT2D eigenvalue weighted by atomic mass is 9.80. The van der Waals surface area contributed by atoms with E-state index in [1.807, 2.05) is 0 Å². The van der Waals surface area contributed by atoms with Crippen LogP contribution in [0.25, 0.3) is 109 Å². The molecule has 0 saturated carbocycles. The molecule has 0 heterocycles. The first kappa shape index (κ1) is 34.0. The SMILES string of the molecule is CC(C)c1cc(C(C)C)c(-c2ccc3c4c(-c5ccccc5)c5c(cc6c7ccccc7c7cccc5c76)c(-c5ccccc5)c4c4cccc2c43)c(C(C)C)c1. The quantitative estimate of drug-likeness (QED) is 0.149. The minimum Gasteiger partial charge on any atom is -0.0622 e. The molecule has 274 valence electrons. The van der Waals surface area contributed by atoms with Gasteiger partial charge >= 0.3 is 0 Å². The average molecular weight is 731 g/mol. The van der Waals surface area contributed by atoms with Crippen LogP contribution in [0.1, 0.15) is 76.0 Å². The Bertz CT molecular complexity index is 3310. The highest BCUT2D eigenvalue weighted by atomic mass is 14.3. The molecule has 0 radical (unpaired) electrons. The molecule has 0 fully saturated rings. The Morgan fingerprint density at radius 1 is 0.281 bits per heavy atom. The van der Waals surface area contributed by atoms with Crippen LogP contribution in [0, 0.1) is 0 Å². The Labute approximate surface area is 335 Å². The molecule has 0 aliphatic carbocycles. The summed E-state index contributed by atoms with van der Waals surface area (Å²) in [5.41, 5.74) is 12.3. The summed E-state index contributed by atoms with van der Waals surface area (Å²) in [7, 11) is 0. The molecule has 0 amide bonds. The van der Waals surface area contributed by atoms with Crippen LogP contribution in [-0.2, 0) is 0 Å². The van der Waals surface area contributed by atoms with Crippen molar-refractivity contribution in [3.05, 3.63) is 168 Å². The van der Waals surface area contributed by atoms with E-state index in [0.29, 0.717) is 17.8 Å². The zero-order valence-electron chi connectivity index (χ0n) is 33.7. The van der Waals surface area contributed by atoms with E-state index in [9.17, 15) is 0 Å². The summed E-state index contributed by atoms with van der Waals surface area (Å²) in [4.78, 5) is 0. The molecule has 0 saturated heterocycles. The number of hydrogen-bond donors (Lipinski definition) is 0. The van der Waals surface area contributed by atoms with Crippen molar-refractivity contribution in [1.29, 1.82) is 0 Å². The Morgan fingerprint density at radius 3 is 1.37 bits per heavy atom. The topological polar surface area (TPSA) is 0 Å². The predicted molar refractivity (Wildman–Crippen MR) is 250 cm³/mol. The maximum absolute atomic E-state index is 2.54. The van der Waals surface area contributed by atoms with Crippen LogP contribution < -0.4 is 0 Å². The Morgan fingerprint density at radius 2 is 0.754 bits per heavy atom. The fourth-order valence-corrected chi connectivity index (χ4v) is 10.5. The second kappa shape index (κ2) is 12.6. The van der Waals surface area contributed by atoms with E-state index < -0.39 is 0 Å². The summed E-state index contributed by atoms with van der Waals surface area (Å²) in [6.45, 7) is 14.1. The Kier molecular flexibility index (Phi) is 7.55. The monoisotopic (exact) mass is 730 g/mol. The van der Waals surface area contributed by atoms with Crippen LogP contribution in [0.3, 0.4) is 0 Å². The van der Waals surface area contributed by atoms with Crippen molar-refractivity contribution in [3.8, 4) is 33.4 Å². The first-order valence-corrected chi connectivity index (χ1v) is 20.9. The molecule has 0 aromatic heterocycles. The molecule has 0 N–H and O–H groups in total. The lowest BCUT2D eigenvalue weighted by Crippen LogP contribution is -2.04. The summed E-state index contributed by atoms with van der Waals surface area (Å²) < 4.78 is 0. The predicted octanol–water partition coefficient (Wildman–Crippen LogP) is 17.0. The lowest BCUT2D eigenvalue weighted by molar-refractivity contribution is 0.808. The highest BCUT2D eigenvalue weighted by Gasteiger charge is 2.28. The van der Waals surface area contributed by atoms with E-state index in [-0.39, 0.29) is 0 Å². The first-order valence-electron chi connectivity index (χ1n) is 20.9. The van der Waals surface area contributed by atoms with Crippen molar-refractivity contribution in [2.45, 2.75) is 59.3 Å². The molecule has 0 aliphatic rings. The molecule has 11 aromatic rings. The van der Waals surface area contributed by atoms with Gasteiger partial charge in [-0.25, -0.2) is 0 Å². The number of fused-ring (bicyclic) bond motifs is 8. The van der Waals surface area contributed by atoms with Crippen molar-refractivity contribution in [2.24, 2.45) is 0 Å². The lowest BCUT2D eigenvalue weighted by Gasteiger charge is -2.24. The van der Waals surface area contributed by atoms with Gasteiger partial charge in [0.2, 0.25) is 0 Å². The van der Waals surface area contributed by atoms with Crippen molar-refractivity contribution in [1.82, 2.24) is 0 Å². The zero-order valence-corrected chi connectivity index (χ0v) is 33.7. The van der Waals surface area contributed by atoms with Crippen LogP contribution in [0.5, 0.6) is 0 Å². The first-order chi connectivity index (χ1) is 27.8. The van der Waals surface area contributed by atoms with Crippen LogP contribution in [0.4, 0.5) is 0 Å². The van der Waals surface area contributed by atoms with Gasteiger partial charge in [-0.05, 0) is 149 Å². The van der Waals surface area contributed by atoms with Crippen LogP contribution in [-0.4, -0.2) is 0 Å². The van der Waals surface area contributed by atoms with Crippen molar-refractivity contribution in [3.63, 3.8) is 0 Å². The minimum atomic E-state index is 0.396. The van der Waals surface area contributed by atoms with Gasteiger partial charge in [0.15, 0.2) is 0 Å². The largest absolute Gasteiger partial charge is 0.0622 e. The second-order valence-corrected chi connectivity index (χ2v) is 17.3. The fraction of sp³-hybridized carbons (Fsp3) is 0.158. The molecule has 11 aromatic carbocycles. The molecule has 0 nitrogen and oxygen atoms in total.